The zero-order valence-corrected chi connectivity index (χ0v) is 8.75. The smallest absolute Gasteiger partial charge is 0.317 e. The lowest BCUT2D eigenvalue weighted by Gasteiger charge is -2.31. The minimum atomic E-state index is 0.141. The molecule has 0 spiro atoms. The molecule has 4 heteroatoms. The molecule has 1 saturated carbocycles. The first kappa shape index (κ1) is 9.77. The number of hydrogen-bond acceptors (Lipinski definition) is 2. The standard InChI is InChI=1S/C10H19N3O/c1-11-8-4-6-13(7-5-8)10(14)12-9-2-3-9/h8-9,11H,2-7H2,1H3,(H,12,14). The van der Waals surface area contributed by atoms with Crippen LogP contribution in [0, 0.1) is 0 Å². The lowest BCUT2D eigenvalue weighted by Crippen LogP contribution is -2.48. The Hall–Kier alpha value is -0.770. The molecular weight excluding hydrogens is 178 g/mol. The van der Waals surface area contributed by atoms with Crippen molar-refractivity contribution >= 4 is 6.03 Å². The van der Waals surface area contributed by atoms with Crippen LogP contribution in [0.4, 0.5) is 4.79 Å². The van der Waals surface area contributed by atoms with Gasteiger partial charge in [-0.05, 0) is 32.7 Å². The summed E-state index contributed by atoms with van der Waals surface area (Å²) in [4.78, 5) is 13.6. The van der Waals surface area contributed by atoms with Gasteiger partial charge < -0.3 is 15.5 Å². The van der Waals surface area contributed by atoms with E-state index in [2.05, 4.69) is 10.6 Å². The molecule has 2 fully saturated rings. The number of urea groups is 1. The Morgan fingerprint density at radius 3 is 2.29 bits per heavy atom. The number of carbonyl (C=O) groups is 1. The van der Waals surface area contributed by atoms with Crippen LogP contribution in [-0.4, -0.2) is 43.2 Å². The number of amides is 2. The maximum absolute atomic E-state index is 11.6. The van der Waals surface area contributed by atoms with E-state index < -0.39 is 0 Å². The molecule has 0 unspecified atom stereocenters. The SMILES string of the molecule is CNC1CCN(C(=O)NC2CC2)CC1. The van der Waals surface area contributed by atoms with Crippen LogP contribution in [0.15, 0.2) is 0 Å². The predicted molar refractivity (Wildman–Crippen MR) is 55.2 cm³/mol. The van der Waals surface area contributed by atoms with Gasteiger partial charge in [-0.3, -0.25) is 0 Å². The van der Waals surface area contributed by atoms with Gasteiger partial charge in [0.2, 0.25) is 0 Å². The summed E-state index contributed by atoms with van der Waals surface area (Å²) in [5.41, 5.74) is 0. The largest absolute Gasteiger partial charge is 0.335 e. The minimum absolute atomic E-state index is 0.141. The summed E-state index contributed by atoms with van der Waals surface area (Å²) in [7, 11) is 1.99. The van der Waals surface area contributed by atoms with Gasteiger partial charge in [0, 0.05) is 25.2 Å². The van der Waals surface area contributed by atoms with Crippen LogP contribution >= 0.6 is 0 Å². The average Bonchev–Trinajstić information content (AvgIpc) is 3.02. The van der Waals surface area contributed by atoms with Crippen LogP contribution < -0.4 is 10.6 Å². The lowest BCUT2D eigenvalue weighted by molar-refractivity contribution is 0.177. The van der Waals surface area contributed by atoms with E-state index in [1.165, 1.54) is 12.8 Å². The van der Waals surface area contributed by atoms with Crippen molar-refractivity contribution in [1.29, 1.82) is 0 Å². The molecule has 2 amide bonds. The molecule has 0 aromatic heterocycles. The van der Waals surface area contributed by atoms with Crippen molar-refractivity contribution in [2.24, 2.45) is 0 Å². The van der Waals surface area contributed by atoms with Gasteiger partial charge >= 0.3 is 6.03 Å². The predicted octanol–water partition coefficient (Wildman–Crippen LogP) is 0.542. The van der Waals surface area contributed by atoms with Gasteiger partial charge in [0.25, 0.3) is 0 Å². The van der Waals surface area contributed by atoms with Crippen molar-refractivity contribution in [3.05, 3.63) is 0 Å². The molecular formula is C10H19N3O. The molecule has 80 valence electrons. The van der Waals surface area contributed by atoms with Gasteiger partial charge in [0.05, 0.1) is 0 Å². The second-order valence-corrected chi connectivity index (χ2v) is 4.27. The zero-order chi connectivity index (χ0) is 9.97. The molecule has 4 nitrogen and oxygen atoms in total. The van der Waals surface area contributed by atoms with Crippen molar-refractivity contribution in [2.75, 3.05) is 20.1 Å². The summed E-state index contributed by atoms with van der Waals surface area (Å²) in [6.07, 6.45) is 4.49. The Morgan fingerprint density at radius 2 is 1.79 bits per heavy atom. The molecule has 1 aliphatic heterocycles. The molecule has 14 heavy (non-hydrogen) atoms. The fraction of sp³-hybridized carbons (Fsp3) is 0.900. The highest BCUT2D eigenvalue weighted by Crippen LogP contribution is 2.19. The molecule has 0 atom stereocenters. The quantitative estimate of drug-likeness (QED) is 0.678. The molecule has 1 heterocycles. The molecule has 0 bridgehead atoms. The molecule has 0 radical (unpaired) electrons. The van der Waals surface area contributed by atoms with Crippen molar-refractivity contribution in [3.63, 3.8) is 0 Å². The maximum Gasteiger partial charge on any atom is 0.317 e. The molecule has 0 aromatic carbocycles. The van der Waals surface area contributed by atoms with Gasteiger partial charge in [-0.15, -0.1) is 0 Å². The van der Waals surface area contributed by atoms with Crippen molar-refractivity contribution in [3.8, 4) is 0 Å². The molecule has 2 N–H and O–H groups in total. The van der Waals surface area contributed by atoms with E-state index in [-0.39, 0.29) is 6.03 Å². The number of nitrogens with one attached hydrogen (secondary N) is 2. The molecule has 2 rings (SSSR count). The first-order chi connectivity index (χ1) is 6.79. The van der Waals surface area contributed by atoms with Gasteiger partial charge in [0.1, 0.15) is 0 Å². The minimum Gasteiger partial charge on any atom is -0.335 e. The van der Waals surface area contributed by atoms with Crippen molar-refractivity contribution in [1.82, 2.24) is 15.5 Å². The average molecular weight is 197 g/mol. The Kier molecular flexibility index (Phi) is 2.91. The molecule has 2 aliphatic rings. The van der Waals surface area contributed by atoms with Gasteiger partial charge in [-0.2, -0.15) is 0 Å². The monoisotopic (exact) mass is 197 g/mol. The van der Waals surface area contributed by atoms with Gasteiger partial charge in [-0.25, -0.2) is 4.79 Å². The maximum atomic E-state index is 11.6. The van der Waals surface area contributed by atoms with Crippen LogP contribution in [0.25, 0.3) is 0 Å². The fourth-order valence-corrected chi connectivity index (χ4v) is 1.86. The summed E-state index contributed by atoms with van der Waals surface area (Å²) in [5.74, 6) is 0. The van der Waals surface area contributed by atoms with Crippen molar-refractivity contribution in [2.45, 2.75) is 37.8 Å². The Bertz CT molecular complexity index is 207. The second kappa shape index (κ2) is 4.17. The summed E-state index contributed by atoms with van der Waals surface area (Å²) < 4.78 is 0. The lowest BCUT2D eigenvalue weighted by atomic mass is 10.1. The highest BCUT2D eigenvalue weighted by Gasteiger charge is 2.27. The number of rotatable bonds is 2. The van der Waals surface area contributed by atoms with Crippen LogP contribution in [0.3, 0.4) is 0 Å². The van der Waals surface area contributed by atoms with Crippen LogP contribution in [0.1, 0.15) is 25.7 Å². The van der Waals surface area contributed by atoms with Crippen LogP contribution in [0.2, 0.25) is 0 Å². The van der Waals surface area contributed by atoms with E-state index in [4.69, 9.17) is 0 Å². The Balaban J connectivity index is 1.73. The number of hydrogen-bond donors (Lipinski definition) is 2. The first-order valence-corrected chi connectivity index (χ1v) is 5.52. The summed E-state index contributed by atoms with van der Waals surface area (Å²) in [5, 5.41) is 6.28. The molecule has 1 aliphatic carbocycles. The third-order valence-electron chi connectivity index (χ3n) is 3.10. The van der Waals surface area contributed by atoms with Crippen LogP contribution in [-0.2, 0) is 0 Å². The van der Waals surface area contributed by atoms with E-state index in [9.17, 15) is 4.79 Å². The number of nitrogens with zero attached hydrogens (tertiary/aromatic N) is 1. The van der Waals surface area contributed by atoms with Crippen LogP contribution in [0.5, 0.6) is 0 Å². The van der Waals surface area contributed by atoms with Crippen molar-refractivity contribution < 1.29 is 4.79 Å². The normalized spacial score (nSPS) is 23.6. The number of carbonyl (C=O) groups excluding carboxylic acids is 1. The zero-order valence-electron chi connectivity index (χ0n) is 8.75. The topological polar surface area (TPSA) is 44.4 Å². The molecule has 0 aromatic rings. The Morgan fingerprint density at radius 1 is 1.14 bits per heavy atom. The highest BCUT2D eigenvalue weighted by atomic mass is 16.2. The number of piperidine rings is 1. The summed E-state index contributed by atoms with van der Waals surface area (Å²) in [6, 6.07) is 1.21. The second-order valence-electron chi connectivity index (χ2n) is 4.27. The van der Waals surface area contributed by atoms with E-state index in [0.29, 0.717) is 12.1 Å². The van der Waals surface area contributed by atoms with E-state index in [1.54, 1.807) is 0 Å². The first-order valence-electron chi connectivity index (χ1n) is 5.52. The van der Waals surface area contributed by atoms with E-state index in [0.717, 1.165) is 25.9 Å². The van der Waals surface area contributed by atoms with E-state index >= 15 is 0 Å². The number of likely N-dealkylation sites (tertiary alicyclic amines) is 1. The third kappa shape index (κ3) is 2.38. The fourth-order valence-electron chi connectivity index (χ4n) is 1.86. The summed E-state index contributed by atoms with van der Waals surface area (Å²) >= 11 is 0. The highest BCUT2D eigenvalue weighted by molar-refractivity contribution is 5.74. The Labute approximate surface area is 85.0 Å². The molecule has 1 saturated heterocycles. The van der Waals surface area contributed by atoms with Gasteiger partial charge in [-0.1, -0.05) is 0 Å². The van der Waals surface area contributed by atoms with E-state index in [1.807, 2.05) is 11.9 Å². The summed E-state index contributed by atoms with van der Waals surface area (Å²) in [6.45, 7) is 1.79. The third-order valence-corrected chi connectivity index (χ3v) is 3.10. The van der Waals surface area contributed by atoms with Gasteiger partial charge in [0.15, 0.2) is 0 Å².